The first-order valence-electron chi connectivity index (χ1n) is 5.94. The topological polar surface area (TPSA) is 59.1 Å². The zero-order valence-corrected chi connectivity index (χ0v) is 13.3. The third kappa shape index (κ3) is 5.04. The van der Waals surface area contributed by atoms with Crippen LogP contribution in [0.25, 0.3) is 0 Å². The summed E-state index contributed by atoms with van der Waals surface area (Å²) in [5.74, 6) is 0.574. The van der Waals surface area contributed by atoms with Crippen LogP contribution in [0.3, 0.4) is 0 Å². The summed E-state index contributed by atoms with van der Waals surface area (Å²) in [7, 11) is -3.47. The highest BCUT2D eigenvalue weighted by Gasteiger charge is 2.18. The van der Waals surface area contributed by atoms with Gasteiger partial charge in [-0.2, -0.15) is 0 Å². The molecule has 0 aliphatic heterocycles. The highest BCUT2D eigenvalue weighted by atomic mass is 79.9. The molecule has 0 amide bonds. The maximum absolute atomic E-state index is 12.1. The third-order valence-electron chi connectivity index (χ3n) is 2.52. The van der Waals surface area contributed by atoms with Gasteiger partial charge in [0.2, 0.25) is 10.0 Å². The number of pyridine rings is 1. The molecule has 18 heavy (non-hydrogen) atoms. The van der Waals surface area contributed by atoms with Gasteiger partial charge in [0, 0.05) is 22.9 Å². The van der Waals surface area contributed by atoms with E-state index in [0.717, 1.165) is 12.8 Å². The second-order valence-corrected chi connectivity index (χ2v) is 7.46. The number of hydrogen-bond acceptors (Lipinski definition) is 3. The van der Waals surface area contributed by atoms with Crippen LogP contribution in [0.1, 0.15) is 33.6 Å². The Labute approximate surface area is 117 Å². The molecule has 1 N–H and O–H groups in total. The molecule has 0 saturated heterocycles. The van der Waals surface area contributed by atoms with E-state index in [1.54, 1.807) is 12.3 Å². The molecule has 0 aromatic carbocycles. The lowest BCUT2D eigenvalue weighted by Crippen LogP contribution is -2.32. The van der Waals surface area contributed by atoms with Crippen molar-refractivity contribution in [3.05, 3.63) is 22.9 Å². The van der Waals surface area contributed by atoms with E-state index in [2.05, 4.69) is 39.5 Å². The van der Waals surface area contributed by atoms with Gasteiger partial charge in [0.05, 0.1) is 0 Å². The van der Waals surface area contributed by atoms with E-state index < -0.39 is 10.0 Å². The van der Waals surface area contributed by atoms with Gasteiger partial charge in [-0.25, -0.2) is 13.1 Å². The fourth-order valence-electron chi connectivity index (χ4n) is 1.51. The molecule has 1 heterocycles. The Morgan fingerprint density at radius 2 is 1.94 bits per heavy atom. The lowest BCUT2D eigenvalue weighted by Gasteiger charge is -2.15. The number of hydrogen-bond donors (Lipinski definition) is 1. The van der Waals surface area contributed by atoms with Gasteiger partial charge in [0.15, 0.2) is 0 Å². The van der Waals surface area contributed by atoms with Crippen molar-refractivity contribution in [1.82, 2.24) is 9.71 Å². The Hall–Kier alpha value is -0.460. The highest BCUT2D eigenvalue weighted by molar-refractivity contribution is 9.10. The molecule has 0 fully saturated rings. The van der Waals surface area contributed by atoms with Crippen molar-refractivity contribution in [1.29, 1.82) is 0 Å². The van der Waals surface area contributed by atoms with Crippen LogP contribution >= 0.6 is 15.9 Å². The van der Waals surface area contributed by atoms with Crippen LogP contribution in [-0.2, 0) is 10.0 Å². The molecule has 0 aliphatic rings. The van der Waals surface area contributed by atoms with E-state index in [0.29, 0.717) is 10.4 Å². The van der Waals surface area contributed by atoms with Crippen molar-refractivity contribution in [2.45, 2.75) is 44.6 Å². The highest BCUT2D eigenvalue weighted by Crippen LogP contribution is 2.15. The summed E-state index contributed by atoms with van der Waals surface area (Å²) in [6.07, 6.45) is 4.74. The van der Waals surface area contributed by atoms with Crippen LogP contribution in [0.5, 0.6) is 0 Å². The number of nitrogens with zero attached hydrogens (tertiary/aromatic N) is 1. The molecule has 0 bridgehead atoms. The van der Waals surface area contributed by atoms with E-state index in [9.17, 15) is 8.42 Å². The lowest BCUT2D eigenvalue weighted by molar-refractivity contribution is 0.485. The minimum atomic E-state index is -3.47. The van der Waals surface area contributed by atoms with Gasteiger partial charge in [0.25, 0.3) is 0 Å². The van der Waals surface area contributed by atoms with Crippen molar-refractivity contribution >= 4 is 26.0 Å². The van der Waals surface area contributed by atoms with Crippen LogP contribution in [0.15, 0.2) is 27.8 Å². The zero-order valence-electron chi connectivity index (χ0n) is 10.9. The first-order valence-corrected chi connectivity index (χ1v) is 8.22. The third-order valence-corrected chi connectivity index (χ3v) is 4.51. The maximum atomic E-state index is 12.1. The molecular formula is C12H19BrN2O2S. The minimum Gasteiger partial charge on any atom is -0.262 e. The molecule has 1 atom stereocenters. The molecule has 4 nitrogen and oxygen atoms in total. The van der Waals surface area contributed by atoms with Gasteiger partial charge in [-0.05, 0) is 47.7 Å². The molecule has 1 rings (SSSR count). The maximum Gasteiger partial charge on any atom is 0.242 e. The molecule has 6 heteroatoms. The van der Waals surface area contributed by atoms with E-state index in [1.807, 2.05) is 6.92 Å². The predicted octanol–water partition coefficient (Wildman–Crippen LogP) is 2.95. The summed E-state index contributed by atoms with van der Waals surface area (Å²) in [5, 5.41) is 0. The van der Waals surface area contributed by atoms with Gasteiger partial charge in [-0.1, -0.05) is 13.8 Å². The molecule has 1 unspecified atom stereocenters. The Morgan fingerprint density at radius 3 is 2.50 bits per heavy atom. The van der Waals surface area contributed by atoms with Gasteiger partial charge in [-0.3, -0.25) is 4.98 Å². The van der Waals surface area contributed by atoms with E-state index in [4.69, 9.17) is 0 Å². The van der Waals surface area contributed by atoms with Crippen LogP contribution < -0.4 is 4.72 Å². The standard InChI is InChI=1S/C12H19BrN2O2S/c1-9(2)4-5-10(3)15-18(16,17)12-6-11(13)7-14-8-12/h6-10,15H,4-5H2,1-3H3. The second kappa shape index (κ2) is 6.63. The van der Waals surface area contributed by atoms with Crippen molar-refractivity contribution in [2.24, 2.45) is 5.92 Å². The Morgan fingerprint density at radius 1 is 1.28 bits per heavy atom. The van der Waals surface area contributed by atoms with Crippen molar-refractivity contribution < 1.29 is 8.42 Å². The zero-order chi connectivity index (χ0) is 13.8. The Balaban J connectivity index is 2.70. The average Bonchev–Trinajstić information content (AvgIpc) is 2.26. The summed E-state index contributed by atoms with van der Waals surface area (Å²) >= 11 is 3.22. The summed E-state index contributed by atoms with van der Waals surface area (Å²) in [5.41, 5.74) is 0. The summed E-state index contributed by atoms with van der Waals surface area (Å²) in [4.78, 5) is 4.05. The first kappa shape index (κ1) is 15.6. The molecule has 0 saturated carbocycles. The molecule has 102 valence electrons. The largest absolute Gasteiger partial charge is 0.262 e. The smallest absolute Gasteiger partial charge is 0.242 e. The predicted molar refractivity (Wildman–Crippen MR) is 75.8 cm³/mol. The van der Waals surface area contributed by atoms with Gasteiger partial charge >= 0.3 is 0 Å². The molecule has 0 spiro atoms. The number of halogens is 1. The minimum absolute atomic E-state index is 0.0728. The van der Waals surface area contributed by atoms with Crippen LogP contribution in [-0.4, -0.2) is 19.4 Å². The number of nitrogens with one attached hydrogen (secondary N) is 1. The summed E-state index contributed by atoms with van der Waals surface area (Å²) in [6, 6.07) is 1.47. The van der Waals surface area contributed by atoms with Crippen molar-refractivity contribution in [3.8, 4) is 0 Å². The number of rotatable bonds is 6. The van der Waals surface area contributed by atoms with E-state index in [-0.39, 0.29) is 10.9 Å². The van der Waals surface area contributed by atoms with E-state index >= 15 is 0 Å². The van der Waals surface area contributed by atoms with Crippen LogP contribution in [0, 0.1) is 5.92 Å². The summed E-state index contributed by atoms with van der Waals surface area (Å²) < 4.78 is 27.5. The lowest BCUT2D eigenvalue weighted by atomic mass is 10.1. The number of sulfonamides is 1. The Kier molecular flexibility index (Phi) is 5.75. The first-order chi connectivity index (χ1) is 8.31. The SMILES string of the molecule is CC(C)CCC(C)NS(=O)(=O)c1cncc(Br)c1. The molecular weight excluding hydrogens is 316 g/mol. The van der Waals surface area contributed by atoms with Crippen molar-refractivity contribution in [3.63, 3.8) is 0 Å². The monoisotopic (exact) mass is 334 g/mol. The molecule has 0 aliphatic carbocycles. The van der Waals surface area contributed by atoms with Gasteiger partial charge in [-0.15, -0.1) is 0 Å². The van der Waals surface area contributed by atoms with Crippen LogP contribution in [0.2, 0.25) is 0 Å². The molecule has 0 radical (unpaired) electrons. The van der Waals surface area contributed by atoms with Gasteiger partial charge < -0.3 is 0 Å². The molecule has 1 aromatic rings. The van der Waals surface area contributed by atoms with E-state index in [1.165, 1.54) is 6.20 Å². The quantitative estimate of drug-likeness (QED) is 0.869. The Bertz CT molecular complexity index is 489. The molecule has 1 aromatic heterocycles. The fraction of sp³-hybridized carbons (Fsp3) is 0.583. The normalized spacial score (nSPS) is 13.8. The van der Waals surface area contributed by atoms with Crippen molar-refractivity contribution in [2.75, 3.05) is 0 Å². The average molecular weight is 335 g/mol. The number of aromatic nitrogens is 1. The van der Waals surface area contributed by atoms with Gasteiger partial charge in [0.1, 0.15) is 4.90 Å². The van der Waals surface area contributed by atoms with Crippen LogP contribution in [0.4, 0.5) is 0 Å². The summed E-state index contributed by atoms with van der Waals surface area (Å²) in [6.45, 7) is 6.13. The second-order valence-electron chi connectivity index (χ2n) is 4.83. The fourth-order valence-corrected chi connectivity index (χ4v) is 3.30.